The maximum absolute atomic E-state index is 13.6. The molecule has 0 saturated carbocycles. The normalized spacial score (nSPS) is 12.6. The summed E-state index contributed by atoms with van der Waals surface area (Å²) < 4.78 is 19.1. The Morgan fingerprint density at radius 2 is 1.89 bits per heavy atom. The second-order valence-electron chi connectivity index (χ2n) is 5.52. The molecule has 0 unspecified atom stereocenters. The first-order chi connectivity index (χ1) is 8.58. The van der Waals surface area contributed by atoms with Gasteiger partial charge in [0.15, 0.2) is 0 Å². The fourth-order valence-electron chi connectivity index (χ4n) is 1.32. The van der Waals surface area contributed by atoms with Crippen LogP contribution in [0.5, 0.6) is 0 Å². The van der Waals surface area contributed by atoms with Crippen LogP contribution in [0.15, 0.2) is 18.2 Å². The van der Waals surface area contributed by atoms with Crippen LogP contribution < -0.4 is 5.46 Å². The van der Waals surface area contributed by atoms with Gasteiger partial charge in [-0.1, -0.05) is 28.1 Å². The second kappa shape index (κ2) is 5.91. The second-order valence-corrected chi connectivity index (χ2v) is 6.08. The molecule has 0 amide bonds. The number of alkyl halides is 1. The van der Waals surface area contributed by atoms with Crippen molar-refractivity contribution in [2.75, 3.05) is 0 Å². The number of rotatable bonds is 5. The Morgan fingerprint density at radius 1 is 1.32 bits per heavy atom. The molecule has 0 radical (unpaired) electrons. The molecule has 2 N–H and O–H groups in total. The van der Waals surface area contributed by atoms with Gasteiger partial charge in [0.25, 0.3) is 0 Å². The minimum absolute atomic E-state index is 0.319. The first-order valence-electron chi connectivity index (χ1n) is 6.01. The van der Waals surface area contributed by atoms with Gasteiger partial charge in [0.1, 0.15) is 5.82 Å². The highest BCUT2D eigenvalue weighted by molar-refractivity contribution is 9.08. The van der Waals surface area contributed by atoms with Gasteiger partial charge in [-0.2, -0.15) is 0 Å². The fourth-order valence-corrected chi connectivity index (χ4v) is 1.77. The van der Waals surface area contributed by atoms with Gasteiger partial charge in [0.2, 0.25) is 0 Å². The van der Waals surface area contributed by atoms with E-state index in [1.807, 2.05) is 0 Å². The first kappa shape index (κ1) is 16.6. The highest BCUT2D eigenvalue weighted by Gasteiger charge is 2.39. The Labute approximate surface area is 122 Å². The molecule has 0 atom stereocenters. The van der Waals surface area contributed by atoms with Crippen LogP contribution in [0, 0.1) is 5.82 Å². The fraction of sp³-hybridized carbons (Fsp3) is 0.538. The third kappa shape index (κ3) is 4.02. The predicted octanol–water partition coefficient (Wildman–Crippen LogP) is 1.97. The Morgan fingerprint density at radius 3 is 2.32 bits per heavy atom. The number of hydrogen-bond donors (Lipinski definition) is 2. The van der Waals surface area contributed by atoms with Crippen LogP contribution in [0.2, 0.25) is 0 Å². The average molecular weight is 333 g/mol. The van der Waals surface area contributed by atoms with Gasteiger partial charge in [-0.25, -0.2) is 4.39 Å². The van der Waals surface area contributed by atoms with E-state index in [2.05, 4.69) is 15.9 Å². The van der Waals surface area contributed by atoms with E-state index in [0.717, 1.165) is 0 Å². The van der Waals surface area contributed by atoms with E-state index in [0.29, 0.717) is 16.4 Å². The molecule has 0 aliphatic heterocycles. The quantitative estimate of drug-likeness (QED) is 0.640. The minimum Gasteiger partial charge on any atom is -0.423 e. The molecular formula is C13H19BBrFO3. The van der Waals surface area contributed by atoms with E-state index in [1.54, 1.807) is 39.8 Å². The molecule has 6 heteroatoms. The van der Waals surface area contributed by atoms with Gasteiger partial charge in [-0.3, -0.25) is 0 Å². The van der Waals surface area contributed by atoms with E-state index in [9.17, 15) is 14.5 Å². The van der Waals surface area contributed by atoms with Crippen molar-refractivity contribution in [1.82, 2.24) is 0 Å². The Balaban J connectivity index is 2.90. The summed E-state index contributed by atoms with van der Waals surface area (Å²) >= 11 is 3.18. The maximum Gasteiger partial charge on any atom is 0.491 e. The van der Waals surface area contributed by atoms with Crippen LogP contribution in [0.4, 0.5) is 4.39 Å². The molecule has 0 saturated heterocycles. The SMILES string of the molecule is CC(C)(O)C(C)(C)OB(O)c1ccc(CBr)c(F)c1. The summed E-state index contributed by atoms with van der Waals surface area (Å²) in [6.07, 6.45) is 0. The summed E-state index contributed by atoms with van der Waals surface area (Å²) in [6.45, 7) is 6.52. The highest BCUT2D eigenvalue weighted by Crippen LogP contribution is 2.25. The summed E-state index contributed by atoms with van der Waals surface area (Å²) in [5.41, 5.74) is -1.28. The number of hydrogen-bond acceptors (Lipinski definition) is 3. The lowest BCUT2D eigenvalue weighted by molar-refractivity contribution is -0.0982. The van der Waals surface area contributed by atoms with Gasteiger partial charge in [-0.15, -0.1) is 0 Å². The largest absolute Gasteiger partial charge is 0.491 e. The van der Waals surface area contributed by atoms with Gasteiger partial charge < -0.3 is 14.8 Å². The van der Waals surface area contributed by atoms with Crippen LogP contribution in [-0.2, 0) is 9.98 Å². The molecule has 19 heavy (non-hydrogen) atoms. The van der Waals surface area contributed by atoms with Crippen molar-refractivity contribution in [1.29, 1.82) is 0 Å². The van der Waals surface area contributed by atoms with Crippen molar-refractivity contribution in [3.05, 3.63) is 29.6 Å². The molecule has 1 aromatic carbocycles. The van der Waals surface area contributed by atoms with Crippen LogP contribution in [0.25, 0.3) is 0 Å². The Hall–Kier alpha value is -0.425. The van der Waals surface area contributed by atoms with Gasteiger partial charge in [0.05, 0.1) is 11.2 Å². The molecule has 106 valence electrons. The van der Waals surface area contributed by atoms with Crippen molar-refractivity contribution >= 4 is 28.5 Å². The molecule has 1 rings (SSSR count). The molecular weight excluding hydrogens is 314 g/mol. The number of benzene rings is 1. The lowest BCUT2D eigenvalue weighted by atomic mass is 9.76. The van der Waals surface area contributed by atoms with E-state index in [-0.39, 0.29) is 0 Å². The molecule has 1 aromatic rings. The summed E-state index contributed by atoms with van der Waals surface area (Å²) in [5.74, 6) is -0.405. The maximum atomic E-state index is 13.6. The minimum atomic E-state index is -1.29. The van der Waals surface area contributed by atoms with E-state index in [4.69, 9.17) is 4.65 Å². The van der Waals surface area contributed by atoms with E-state index < -0.39 is 24.1 Å². The summed E-state index contributed by atoms with van der Waals surface area (Å²) in [7, 11) is -1.29. The zero-order valence-corrected chi connectivity index (χ0v) is 13.2. The van der Waals surface area contributed by atoms with Crippen LogP contribution in [-0.4, -0.2) is 28.5 Å². The number of aliphatic hydroxyl groups is 1. The first-order valence-corrected chi connectivity index (χ1v) is 7.13. The number of halogens is 2. The molecule has 0 aromatic heterocycles. The summed E-state index contributed by atoms with van der Waals surface area (Å²) in [5, 5.41) is 20.4. The topological polar surface area (TPSA) is 49.7 Å². The van der Waals surface area contributed by atoms with Gasteiger partial charge in [0, 0.05) is 5.33 Å². The molecule has 0 aliphatic carbocycles. The zero-order valence-electron chi connectivity index (χ0n) is 11.6. The summed E-state index contributed by atoms with van der Waals surface area (Å²) in [4.78, 5) is 0. The van der Waals surface area contributed by atoms with Crippen molar-refractivity contribution in [3.63, 3.8) is 0 Å². The molecule has 3 nitrogen and oxygen atoms in total. The Kier molecular flexibility index (Phi) is 5.18. The standard InChI is InChI=1S/C13H19BBrFO3/c1-12(2,17)13(3,4)19-14(18)10-6-5-9(8-15)11(16)7-10/h5-7,17-18H,8H2,1-4H3. The molecule has 0 aliphatic rings. The third-order valence-corrected chi connectivity index (χ3v) is 3.99. The molecule has 0 fully saturated rings. The highest BCUT2D eigenvalue weighted by atomic mass is 79.9. The predicted molar refractivity (Wildman–Crippen MR) is 78.1 cm³/mol. The molecule has 0 heterocycles. The monoisotopic (exact) mass is 332 g/mol. The van der Waals surface area contributed by atoms with Crippen molar-refractivity contribution < 1.29 is 19.2 Å². The van der Waals surface area contributed by atoms with Crippen LogP contribution in [0.1, 0.15) is 33.3 Å². The summed E-state index contributed by atoms with van der Waals surface area (Å²) in [6, 6.07) is 4.43. The lowest BCUT2D eigenvalue weighted by Gasteiger charge is -2.38. The average Bonchev–Trinajstić information content (AvgIpc) is 2.26. The van der Waals surface area contributed by atoms with Crippen LogP contribution in [0.3, 0.4) is 0 Å². The van der Waals surface area contributed by atoms with Gasteiger partial charge >= 0.3 is 7.12 Å². The lowest BCUT2D eigenvalue weighted by Crippen LogP contribution is -2.53. The van der Waals surface area contributed by atoms with E-state index >= 15 is 0 Å². The molecule has 0 bridgehead atoms. The van der Waals surface area contributed by atoms with Crippen molar-refractivity contribution in [2.24, 2.45) is 0 Å². The van der Waals surface area contributed by atoms with Crippen molar-refractivity contribution in [2.45, 2.75) is 44.2 Å². The zero-order chi connectivity index (χ0) is 14.8. The van der Waals surface area contributed by atoms with Crippen molar-refractivity contribution in [3.8, 4) is 0 Å². The van der Waals surface area contributed by atoms with Crippen LogP contribution >= 0.6 is 15.9 Å². The molecule has 0 spiro atoms. The third-order valence-electron chi connectivity index (χ3n) is 3.39. The van der Waals surface area contributed by atoms with Gasteiger partial charge in [-0.05, 0) is 44.8 Å². The smallest absolute Gasteiger partial charge is 0.423 e. The Bertz CT molecular complexity index is 446. The van der Waals surface area contributed by atoms with E-state index in [1.165, 1.54) is 6.07 Å².